The molecule has 25 heavy (non-hydrogen) atoms. The molecule has 1 aliphatic heterocycles. The number of hydrogen-bond acceptors (Lipinski definition) is 4. The maximum Gasteiger partial charge on any atom is 0.255 e. The Kier molecular flexibility index (Phi) is 5.68. The largest absolute Gasteiger partial charge is 0.495 e. The standard InChI is InChI=1S/C20H24N2O3/c1-15-3-8-19(24-2)18(13-15)21-20(23)17-6-4-16(5-7-17)14-22-9-11-25-12-10-22/h3-8,13H,9-12,14H2,1-2H3,(H,21,23). The molecule has 0 aromatic heterocycles. The van der Waals surface area contributed by atoms with Gasteiger partial charge in [0.15, 0.2) is 0 Å². The summed E-state index contributed by atoms with van der Waals surface area (Å²) in [6.07, 6.45) is 0. The first-order valence-electron chi connectivity index (χ1n) is 8.51. The van der Waals surface area contributed by atoms with E-state index in [0.717, 1.165) is 38.4 Å². The Hall–Kier alpha value is -2.37. The first-order valence-corrected chi connectivity index (χ1v) is 8.51. The number of carbonyl (C=O) groups excluding carboxylic acids is 1. The molecule has 1 fully saturated rings. The van der Waals surface area contributed by atoms with Crippen molar-refractivity contribution in [3.63, 3.8) is 0 Å². The zero-order chi connectivity index (χ0) is 17.6. The van der Waals surface area contributed by atoms with Crippen LogP contribution in [0.4, 0.5) is 5.69 Å². The van der Waals surface area contributed by atoms with Crippen molar-refractivity contribution < 1.29 is 14.3 Å². The minimum atomic E-state index is -0.137. The molecular weight excluding hydrogens is 316 g/mol. The highest BCUT2D eigenvalue weighted by Gasteiger charge is 2.12. The van der Waals surface area contributed by atoms with Crippen molar-refractivity contribution in [2.75, 3.05) is 38.7 Å². The molecule has 2 aromatic carbocycles. The Morgan fingerprint density at radius 3 is 2.56 bits per heavy atom. The zero-order valence-electron chi connectivity index (χ0n) is 14.7. The third-order valence-corrected chi connectivity index (χ3v) is 4.33. The molecule has 1 heterocycles. The Bertz CT molecular complexity index is 722. The molecule has 1 N–H and O–H groups in total. The van der Waals surface area contributed by atoms with Gasteiger partial charge >= 0.3 is 0 Å². The Balaban J connectivity index is 1.65. The number of anilines is 1. The summed E-state index contributed by atoms with van der Waals surface area (Å²) in [6.45, 7) is 6.36. The molecule has 1 saturated heterocycles. The summed E-state index contributed by atoms with van der Waals surface area (Å²) >= 11 is 0. The molecule has 0 unspecified atom stereocenters. The van der Waals surface area contributed by atoms with Crippen LogP contribution in [-0.2, 0) is 11.3 Å². The van der Waals surface area contributed by atoms with Crippen molar-refractivity contribution in [2.24, 2.45) is 0 Å². The maximum atomic E-state index is 12.5. The first-order chi connectivity index (χ1) is 12.2. The summed E-state index contributed by atoms with van der Waals surface area (Å²) in [5.41, 5.74) is 3.59. The summed E-state index contributed by atoms with van der Waals surface area (Å²) in [7, 11) is 1.60. The van der Waals surface area contributed by atoms with Crippen molar-refractivity contribution in [3.05, 3.63) is 59.2 Å². The van der Waals surface area contributed by atoms with Crippen molar-refractivity contribution in [2.45, 2.75) is 13.5 Å². The molecule has 0 atom stereocenters. The van der Waals surface area contributed by atoms with E-state index >= 15 is 0 Å². The Labute approximate surface area is 148 Å². The van der Waals surface area contributed by atoms with Gasteiger partial charge in [-0.2, -0.15) is 0 Å². The van der Waals surface area contributed by atoms with E-state index in [1.54, 1.807) is 7.11 Å². The summed E-state index contributed by atoms with van der Waals surface area (Å²) in [5.74, 6) is 0.518. The quantitative estimate of drug-likeness (QED) is 0.909. The van der Waals surface area contributed by atoms with Gasteiger partial charge in [-0.05, 0) is 42.3 Å². The van der Waals surface area contributed by atoms with Gasteiger partial charge in [-0.15, -0.1) is 0 Å². The number of nitrogens with zero attached hydrogens (tertiary/aromatic N) is 1. The molecule has 0 radical (unpaired) electrons. The smallest absolute Gasteiger partial charge is 0.255 e. The lowest BCUT2D eigenvalue weighted by atomic mass is 10.1. The van der Waals surface area contributed by atoms with Gasteiger partial charge in [0.05, 0.1) is 26.0 Å². The van der Waals surface area contributed by atoms with Gasteiger partial charge in [0, 0.05) is 25.2 Å². The number of rotatable bonds is 5. The summed E-state index contributed by atoms with van der Waals surface area (Å²) < 4.78 is 10.7. The number of hydrogen-bond donors (Lipinski definition) is 1. The second kappa shape index (κ2) is 8.14. The third kappa shape index (κ3) is 4.59. The molecule has 2 aromatic rings. The molecule has 0 aliphatic carbocycles. The SMILES string of the molecule is COc1ccc(C)cc1NC(=O)c1ccc(CN2CCOCC2)cc1. The number of methoxy groups -OCH3 is 1. The average Bonchev–Trinajstić information content (AvgIpc) is 2.63. The van der Waals surface area contributed by atoms with Crippen LogP contribution in [-0.4, -0.2) is 44.2 Å². The highest BCUT2D eigenvalue weighted by molar-refractivity contribution is 6.05. The predicted octanol–water partition coefficient (Wildman–Crippen LogP) is 3.09. The molecule has 132 valence electrons. The highest BCUT2D eigenvalue weighted by atomic mass is 16.5. The van der Waals surface area contributed by atoms with Gasteiger partial charge in [0.2, 0.25) is 0 Å². The predicted molar refractivity (Wildman–Crippen MR) is 98.2 cm³/mol. The minimum Gasteiger partial charge on any atom is -0.495 e. The fourth-order valence-electron chi connectivity index (χ4n) is 2.89. The van der Waals surface area contributed by atoms with Crippen LogP contribution < -0.4 is 10.1 Å². The topological polar surface area (TPSA) is 50.8 Å². The van der Waals surface area contributed by atoms with Crippen LogP contribution in [0.25, 0.3) is 0 Å². The average molecular weight is 340 g/mol. The van der Waals surface area contributed by atoms with Gasteiger partial charge in [-0.3, -0.25) is 9.69 Å². The lowest BCUT2D eigenvalue weighted by Gasteiger charge is -2.26. The van der Waals surface area contributed by atoms with Crippen molar-refractivity contribution in [1.29, 1.82) is 0 Å². The Morgan fingerprint density at radius 2 is 1.88 bits per heavy atom. The van der Waals surface area contributed by atoms with E-state index in [0.29, 0.717) is 17.0 Å². The second-order valence-corrected chi connectivity index (χ2v) is 6.24. The lowest BCUT2D eigenvalue weighted by molar-refractivity contribution is 0.0342. The molecule has 1 amide bonds. The Morgan fingerprint density at radius 1 is 1.16 bits per heavy atom. The summed E-state index contributed by atoms with van der Waals surface area (Å²) in [5, 5.41) is 2.93. The van der Waals surface area contributed by atoms with Crippen LogP contribution in [0, 0.1) is 6.92 Å². The zero-order valence-corrected chi connectivity index (χ0v) is 14.7. The van der Waals surface area contributed by atoms with Crippen LogP contribution >= 0.6 is 0 Å². The number of benzene rings is 2. The van der Waals surface area contributed by atoms with E-state index in [2.05, 4.69) is 10.2 Å². The molecular formula is C20H24N2O3. The number of nitrogens with one attached hydrogen (secondary N) is 1. The van der Waals surface area contributed by atoms with Crippen LogP contribution in [0.15, 0.2) is 42.5 Å². The highest BCUT2D eigenvalue weighted by Crippen LogP contribution is 2.25. The molecule has 0 spiro atoms. The summed E-state index contributed by atoms with van der Waals surface area (Å²) in [6, 6.07) is 13.5. The number of morpholine rings is 1. The van der Waals surface area contributed by atoms with Gasteiger partial charge in [0.1, 0.15) is 5.75 Å². The van der Waals surface area contributed by atoms with Crippen molar-refractivity contribution in [1.82, 2.24) is 4.90 Å². The van der Waals surface area contributed by atoms with E-state index in [1.165, 1.54) is 5.56 Å². The van der Waals surface area contributed by atoms with Gasteiger partial charge < -0.3 is 14.8 Å². The lowest BCUT2D eigenvalue weighted by Crippen LogP contribution is -2.35. The van der Waals surface area contributed by atoms with E-state index in [-0.39, 0.29) is 5.91 Å². The van der Waals surface area contributed by atoms with Gasteiger partial charge in [-0.1, -0.05) is 18.2 Å². The first kappa shape index (κ1) is 17.5. The molecule has 5 heteroatoms. The maximum absolute atomic E-state index is 12.5. The van der Waals surface area contributed by atoms with Crippen LogP contribution in [0.1, 0.15) is 21.5 Å². The third-order valence-electron chi connectivity index (χ3n) is 4.33. The fraction of sp³-hybridized carbons (Fsp3) is 0.350. The number of aryl methyl sites for hydroxylation is 1. The number of amides is 1. The van der Waals surface area contributed by atoms with Crippen molar-refractivity contribution >= 4 is 11.6 Å². The van der Waals surface area contributed by atoms with E-state index in [4.69, 9.17) is 9.47 Å². The molecule has 1 aliphatic rings. The second-order valence-electron chi connectivity index (χ2n) is 6.24. The van der Waals surface area contributed by atoms with Crippen molar-refractivity contribution in [3.8, 4) is 5.75 Å². The monoisotopic (exact) mass is 340 g/mol. The van der Waals surface area contributed by atoms with Crippen LogP contribution in [0.3, 0.4) is 0 Å². The fourth-order valence-corrected chi connectivity index (χ4v) is 2.89. The van der Waals surface area contributed by atoms with E-state index in [1.807, 2.05) is 49.4 Å². The minimum absolute atomic E-state index is 0.137. The molecule has 3 rings (SSSR count). The van der Waals surface area contributed by atoms with E-state index < -0.39 is 0 Å². The van der Waals surface area contributed by atoms with E-state index in [9.17, 15) is 4.79 Å². The number of ether oxygens (including phenoxy) is 2. The number of carbonyl (C=O) groups is 1. The molecule has 0 bridgehead atoms. The summed E-state index contributed by atoms with van der Waals surface area (Å²) in [4.78, 5) is 14.9. The van der Waals surface area contributed by atoms with Gasteiger partial charge in [0.25, 0.3) is 5.91 Å². The molecule has 5 nitrogen and oxygen atoms in total. The normalized spacial score (nSPS) is 15.0. The van der Waals surface area contributed by atoms with Gasteiger partial charge in [-0.25, -0.2) is 0 Å². The van der Waals surface area contributed by atoms with Crippen LogP contribution in [0.5, 0.6) is 5.75 Å². The molecule has 0 saturated carbocycles. The van der Waals surface area contributed by atoms with Crippen LogP contribution in [0.2, 0.25) is 0 Å².